The molecule has 1 aromatic carbocycles. The van der Waals surface area contributed by atoms with Crippen LogP contribution in [0.25, 0.3) is 0 Å². The molecule has 3 nitrogen and oxygen atoms in total. The normalized spacial score (nSPS) is 18.8. The summed E-state index contributed by atoms with van der Waals surface area (Å²) in [5.41, 5.74) is 0.990. The summed E-state index contributed by atoms with van der Waals surface area (Å²) in [7, 11) is 0. The summed E-state index contributed by atoms with van der Waals surface area (Å²) < 4.78 is 18.7. The van der Waals surface area contributed by atoms with E-state index >= 15 is 0 Å². The Morgan fingerprint density at radius 2 is 2.17 bits per heavy atom. The number of esters is 1. The molecule has 0 fully saturated rings. The van der Waals surface area contributed by atoms with Crippen molar-refractivity contribution in [1.29, 1.82) is 0 Å². The minimum atomic E-state index is -0.518. The summed E-state index contributed by atoms with van der Waals surface area (Å²) in [6, 6.07) is 4.47. The quantitative estimate of drug-likeness (QED) is 0.779. The Bertz CT molecular complexity index is 465. The van der Waals surface area contributed by atoms with Gasteiger partial charge in [0.15, 0.2) is 0 Å². The van der Waals surface area contributed by atoms with Gasteiger partial charge in [0, 0.05) is 12.2 Å². The number of hydrogen-bond acceptors (Lipinski definition) is 3. The van der Waals surface area contributed by atoms with Crippen molar-refractivity contribution < 1.29 is 13.9 Å². The fourth-order valence-corrected chi connectivity index (χ4v) is 2.11. The van der Waals surface area contributed by atoms with Gasteiger partial charge in [-0.15, -0.1) is 0 Å². The largest absolute Gasteiger partial charge is 0.459 e. The predicted molar refractivity (Wildman–Crippen MR) is 68.1 cm³/mol. The maximum absolute atomic E-state index is 13.3. The van der Waals surface area contributed by atoms with Gasteiger partial charge in [-0.25, -0.2) is 4.39 Å². The molecule has 18 heavy (non-hydrogen) atoms. The fraction of sp³-hybridized carbons (Fsp3) is 0.500. The van der Waals surface area contributed by atoms with E-state index in [4.69, 9.17) is 4.74 Å². The molecule has 0 amide bonds. The molecule has 0 aromatic heterocycles. The molecular weight excluding hydrogens is 233 g/mol. The second-order valence-corrected chi connectivity index (χ2v) is 5.53. The molecule has 1 aromatic rings. The Balaban J connectivity index is 2.27. The van der Waals surface area contributed by atoms with Gasteiger partial charge in [-0.1, -0.05) is 0 Å². The first kappa shape index (κ1) is 12.9. The Labute approximate surface area is 106 Å². The molecule has 1 aliphatic rings. The van der Waals surface area contributed by atoms with Crippen LogP contribution in [0, 0.1) is 5.82 Å². The highest BCUT2D eigenvalue weighted by Crippen LogP contribution is 2.33. The van der Waals surface area contributed by atoms with Gasteiger partial charge in [-0.05, 0) is 51.0 Å². The predicted octanol–water partition coefficient (Wildman–Crippen LogP) is 3.07. The second kappa shape index (κ2) is 4.59. The number of hydrogen-bond donors (Lipinski definition) is 1. The average molecular weight is 251 g/mol. The molecule has 1 unspecified atom stereocenters. The van der Waals surface area contributed by atoms with Crippen molar-refractivity contribution in [2.45, 2.75) is 38.7 Å². The van der Waals surface area contributed by atoms with E-state index in [1.165, 1.54) is 12.1 Å². The number of ether oxygens (including phenoxy) is 1. The van der Waals surface area contributed by atoms with Gasteiger partial charge < -0.3 is 10.1 Å². The van der Waals surface area contributed by atoms with Crippen LogP contribution in [0.4, 0.5) is 10.1 Å². The van der Waals surface area contributed by atoms with Crippen LogP contribution in [0.3, 0.4) is 0 Å². The van der Waals surface area contributed by atoms with Crippen molar-refractivity contribution in [3.63, 3.8) is 0 Å². The molecule has 0 bridgehead atoms. The minimum absolute atomic E-state index is 0.282. The molecule has 1 aliphatic heterocycles. The molecule has 0 saturated heterocycles. The number of carbonyl (C=O) groups is 1. The molecule has 98 valence electrons. The van der Waals surface area contributed by atoms with E-state index in [1.54, 1.807) is 6.07 Å². The van der Waals surface area contributed by atoms with Crippen molar-refractivity contribution in [3.05, 3.63) is 29.6 Å². The lowest BCUT2D eigenvalue weighted by molar-refractivity contribution is -0.156. The van der Waals surface area contributed by atoms with E-state index in [-0.39, 0.29) is 17.7 Å². The maximum Gasteiger partial charge on any atom is 0.314 e. The van der Waals surface area contributed by atoms with Gasteiger partial charge >= 0.3 is 5.97 Å². The third-order valence-electron chi connectivity index (χ3n) is 2.83. The van der Waals surface area contributed by atoms with Gasteiger partial charge in [0.05, 0.1) is 5.92 Å². The van der Waals surface area contributed by atoms with Crippen molar-refractivity contribution in [2.24, 2.45) is 0 Å². The van der Waals surface area contributed by atoms with Gasteiger partial charge in [0.1, 0.15) is 11.4 Å². The molecule has 1 atom stereocenters. The zero-order valence-corrected chi connectivity index (χ0v) is 10.9. The van der Waals surface area contributed by atoms with Crippen LogP contribution in [0.15, 0.2) is 18.2 Å². The first-order chi connectivity index (χ1) is 8.37. The van der Waals surface area contributed by atoms with Gasteiger partial charge in [0.25, 0.3) is 0 Å². The van der Waals surface area contributed by atoms with Crippen LogP contribution in [0.5, 0.6) is 0 Å². The van der Waals surface area contributed by atoms with E-state index in [0.717, 1.165) is 5.69 Å². The number of nitrogens with one attached hydrogen (secondary N) is 1. The highest BCUT2D eigenvalue weighted by molar-refractivity contribution is 5.82. The first-order valence-corrected chi connectivity index (χ1v) is 6.13. The third kappa shape index (κ3) is 2.81. The van der Waals surface area contributed by atoms with Gasteiger partial charge in [-0.2, -0.15) is 0 Å². The van der Waals surface area contributed by atoms with Crippen molar-refractivity contribution in [3.8, 4) is 0 Å². The molecule has 2 rings (SSSR count). The highest BCUT2D eigenvalue weighted by atomic mass is 19.1. The number of benzene rings is 1. The van der Waals surface area contributed by atoms with Crippen LogP contribution in [0.1, 0.15) is 38.7 Å². The topological polar surface area (TPSA) is 38.3 Å². The van der Waals surface area contributed by atoms with Crippen LogP contribution >= 0.6 is 0 Å². The molecular formula is C14H18FNO2. The van der Waals surface area contributed by atoms with Crippen LogP contribution < -0.4 is 5.32 Å². The van der Waals surface area contributed by atoms with Crippen LogP contribution in [0.2, 0.25) is 0 Å². The summed E-state index contributed by atoms with van der Waals surface area (Å²) in [6.45, 7) is 6.19. The number of fused-ring (bicyclic) bond motifs is 1. The lowest BCUT2D eigenvalue weighted by Gasteiger charge is -2.28. The van der Waals surface area contributed by atoms with E-state index in [9.17, 15) is 9.18 Å². The van der Waals surface area contributed by atoms with Crippen molar-refractivity contribution >= 4 is 11.7 Å². The third-order valence-corrected chi connectivity index (χ3v) is 2.83. The Kier molecular flexibility index (Phi) is 3.28. The molecule has 0 spiro atoms. The lowest BCUT2D eigenvalue weighted by Crippen LogP contribution is -2.31. The van der Waals surface area contributed by atoms with E-state index < -0.39 is 5.60 Å². The van der Waals surface area contributed by atoms with Gasteiger partial charge in [-0.3, -0.25) is 4.79 Å². The van der Waals surface area contributed by atoms with Crippen molar-refractivity contribution in [1.82, 2.24) is 0 Å². The van der Waals surface area contributed by atoms with E-state index in [0.29, 0.717) is 18.5 Å². The first-order valence-electron chi connectivity index (χ1n) is 6.13. The van der Waals surface area contributed by atoms with E-state index in [2.05, 4.69) is 5.32 Å². The number of rotatable bonds is 1. The number of halogens is 1. The molecule has 0 saturated carbocycles. The Hall–Kier alpha value is -1.58. The monoisotopic (exact) mass is 251 g/mol. The van der Waals surface area contributed by atoms with Crippen molar-refractivity contribution in [2.75, 3.05) is 11.9 Å². The summed E-state index contributed by atoms with van der Waals surface area (Å²) in [5, 5.41) is 3.16. The number of carbonyl (C=O) groups excluding carboxylic acids is 1. The van der Waals surface area contributed by atoms with Crippen LogP contribution in [-0.2, 0) is 9.53 Å². The Morgan fingerprint density at radius 3 is 2.83 bits per heavy atom. The smallest absolute Gasteiger partial charge is 0.314 e. The molecule has 1 heterocycles. The summed E-state index contributed by atoms with van der Waals surface area (Å²) >= 11 is 0. The molecule has 0 radical (unpaired) electrons. The fourth-order valence-electron chi connectivity index (χ4n) is 2.11. The average Bonchev–Trinajstić information content (AvgIpc) is 2.25. The second-order valence-electron chi connectivity index (χ2n) is 5.53. The number of anilines is 1. The zero-order chi connectivity index (χ0) is 13.3. The van der Waals surface area contributed by atoms with Crippen LogP contribution in [-0.4, -0.2) is 18.1 Å². The summed E-state index contributed by atoms with van der Waals surface area (Å²) in [4.78, 5) is 12.1. The highest BCUT2D eigenvalue weighted by Gasteiger charge is 2.30. The maximum atomic E-state index is 13.3. The Morgan fingerprint density at radius 1 is 1.44 bits per heavy atom. The zero-order valence-electron chi connectivity index (χ0n) is 10.9. The lowest BCUT2D eigenvalue weighted by atomic mass is 9.91. The van der Waals surface area contributed by atoms with Gasteiger partial charge in [0.2, 0.25) is 0 Å². The molecule has 1 N–H and O–H groups in total. The summed E-state index contributed by atoms with van der Waals surface area (Å²) in [6.07, 6.45) is 0.630. The minimum Gasteiger partial charge on any atom is -0.459 e. The standard InChI is InChI=1S/C14H18FNO2/c1-14(2,3)18-13(17)10-6-7-16-12-5-4-9(15)8-11(10)12/h4-5,8,10,16H,6-7H2,1-3H3. The molecule has 0 aliphatic carbocycles. The summed E-state index contributed by atoms with van der Waals surface area (Å²) in [5.74, 6) is -0.988. The van der Waals surface area contributed by atoms with E-state index in [1.807, 2.05) is 20.8 Å². The molecule has 4 heteroatoms. The SMILES string of the molecule is CC(C)(C)OC(=O)C1CCNc2ccc(F)cc21.